The van der Waals surface area contributed by atoms with Gasteiger partial charge < -0.3 is 14.5 Å². The Labute approximate surface area is 180 Å². The minimum Gasteiger partial charge on any atom is -0.487 e. The molecule has 2 fully saturated rings. The molecule has 0 radical (unpaired) electrons. The van der Waals surface area contributed by atoms with Crippen molar-refractivity contribution in [2.75, 3.05) is 39.8 Å². The number of aromatic nitrogens is 2. The Morgan fingerprint density at radius 2 is 1.87 bits per heavy atom. The number of piperidine rings is 1. The number of halogens is 1. The number of ether oxygens (including phenoxy) is 1. The number of hydrogen-bond acceptors (Lipinski definition) is 5. The average molecular weight is 429 g/mol. The summed E-state index contributed by atoms with van der Waals surface area (Å²) in [6, 6.07) is 6.00. The van der Waals surface area contributed by atoms with E-state index in [-0.39, 0.29) is 35.5 Å². The van der Waals surface area contributed by atoms with E-state index in [1.165, 1.54) is 12.3 Å². The second-order valence-electron chi connectivity index (χ2n) is 8.23. The van der Waals surface area contributed by atoms with Crippen LogP contribution in [0.2, 0.25) is 0 Å². The number of nitrogens with zero attached hydrogens (tertiary/aromatic N) is 4. The number of para-hydroxylation sites is 1. The van der Waals surface area contributed by atoms with E-state index in [0.29, 0.717) is 51.1 Å². The largest absolute Gasteiger partial charge is 0.487 e. The zero-order valence-corrected chi connectivity index (χ0v) is 17.9. The Kier molecular flexibility index (Phi) is 6.22. The van der Waals surface area contributed by atoms with E-state index in [2.05, 4.69) is 10.2 Å². The SMILES string of the molecule is Cc1[nH]ncc1C(=O)N1CCN(C)C(C(=O)N2CCC(Oc3ccccc3F)CC2)C1. The van der Waals surface area contributed by atoms with Crippen molar-refractivity contribution < 1.29 is 18.7 Å². The van der Waals surface area contributed by atoms with Crippen LogP contribution in [0.15, 0.2) is 30.5 Å². The predicted octanol–water partition coefficient (Wildman–Crippen LogP) is 1.68. The van der Waals surface area contributed by atoms with Gasteiger partial charge in [-0.25, -0.2) is 4.39 Å². The maximum absolute atomic E-state index is 13.8. The van der Waals surface area contributed by atoms with Gasteiger partial charge in [0.1, 0.15) is 12.1 Å². The van der Waals surface area contributed by atoms with Crippen LogP contribution in [0.25, 0.3) is 0 Å². The second kappa shape index (κ2) is 9.05. The molecule has 4 rings (SSSR count). The third-order valence-corrected chi connectivity index (χ3v) is 6.16. The summed E-state index contributed by atoms with van der Waals surface area (Å²) in [6.45, 7) is 4.47. The highest BCUT2D eigenvalue weighted by atomic mass is 19.1. The smallest absolute Gasteiger partial charge is 0.257 e. The number of aromatic amines is 1. The molecule has 2 saturated heterocycles. The molecule has 9 heteroatoms. The normalized spacial score (nSPS) is 20.7. The highest BCUT2D eigenvalue weighted by molar-refractivity contribution is 5.95. The van der Waals surface area contributed by atoms with Crippen molar-refractivity contribution in [1.82, 2.24) is 24.9 Å². The molecule has 31 heavy (non-hydrogen) atoms. The van der Waals surface area contributed by atoms with Gasteiger partial charge in [-0.2, -0.15) is 5.10 Å². The lowest BCUT2D eigenvalue weighted by atomic mass is 10.0. The highest BCUT2D eigenvalue weighted by Gasteiger charge is 2.36. The van der Waals surface area contributed by atoms with E-state index in [0.717, 1.165) is 5.69 Å². The molecule has 3 heterocycles. The fourth-order valence-electron chi connectivity index (χ4n) is 4.19. The molecule has 2 aliphatic heterocycles. The van der Waals surface area contributed by atoms with Crippen molar-refractivity contribution in [3.05, 3.63) is 47.5 Å². The number of H-pyrrole nitrogens is 1. The van der Waals surface area contributed by atoms with Gasteiger partial charge in [0.15, 0.2) is 11.6 Å². The molecule has 1 aromatic heterocycles. The number of carbonyl (C=O) groups excluding carboxylic acids is 2. The first-order chi connectivity index (χ1) is 14.9. The highest BCUT2D eigenvalue weighted by Crippen LogP contribution is 2.23. The number of likely N-dealkylation sites (N-methyl/N-ethyl adjacent to an activating group) is 1. The molecule has 0 aliphatic carbocycles. The Morgan fingerprint density at radius 3 is 2.55 bits per heavy atom. The number of benzene rings is 1. The summed E-state index contributed by atoms with van der Waals surface area (Å²) in [5, 5.41) is 6.72. The van der Waals surface area contributed by atoms with E-state index in [9.17, 15) is 14.0 Å². The van der Waals surface area contributed by atoms with Gasteiger partial charge in [0, 0.05) is 51.3 Å². The van der Waals surface area contributed by atoms with Crippen LogP contribution in [0, 0.1) is 12.7 Å². The van der Waals surface area contributed by atoms with Gasteiger partial charge in [-0.1, -0.05) is 12.1 Å². The number of carbonyl (C=O) groups is 2. The number of piperazine rings is 1. The molecule has 2 aromatic rings. The van der Waals surface area contributed by atoms with Gasteiger partial charge >= 0.3 is 0 Å². The number of likely N-dealkylation sites (tertiary alicyclic amines) is 1. The van der Waals surface area contributed by atoms with Crippen LogP contribution in [0.1, 0.15) is 28.9 Å². The first-order valence-corrected chi connectivity index (χ1v) is 10.6. The predicted molar refractivity (Wildman–Crippen MR) is 112 cm³/mol. The molecule has 2 amide bonds. The maximum atomic E-state index is 13.8. The molecule has 1 atom stereocenters. The number of nitrogens with one attached hydrogen (secondary N) is 1. The number of aryl methyl sites for hydroxylation is 1. The van der Waals surface area contributed by atoms with Crippen molar-refractivity contribution in [3.63, 3.8) is 0 Å². The Morgan fingerprint density at radius 1 is 1.13 bits per heavy atom. The second-order valence-corrected chi connectivity index (χ2v) is 8.23. The lowest BCUT2D eigenvalue weighted by molar-refractivity contribution is -0.140. The van der Waals surface area contributed by atoms with Crippen LogP contribution in [0.3, 0.4) is 0 Å². The molecule has 1 aromatic carbocycles. The van der Waals surface area contributed by atoms with Crippen molar-refractivity contribution in [2.45, 2.75) is 31.9 Å². The first kappa shape index (κ1) is 21.3. The molecular weight excluding hydrogens is 401 g/mol. The monoisotopic (exact) mass is 429 g/mol. The number of hydrogen-bond donors (Lipinski definition) is 1. The van der Waals surface area contributed by atoms with Gasteiger partial charge in [-0.3, -0.25) is 19.6 Å². The molecule has 2 aliphatic rings. The third-order valence-electron chi connectivity index (χ3n) is 6.16. The van der Waals surface area contributed by atoms with Crippen LogP contribution in [0.5, 0.6) is 5.75 Å². The van der Waals surface area contributed by atoms with E-state index < -0.39 is 0 Å². The minimum absolute atomic E-state index is 0.0215. The van der Waals surface area contributed by atoms with Gasteiger partial charge in [0.25, 0.3) is 5.91 Å². The van der Waals surface area contributed by atoms with E-state index in [1.807, 2.05) is 23.8 Å². The minimum atomic E-state index is -0.381. The summed E-state index contributed by atoms with van der Waals surface area (Å²) in [5.74, 6) is -0.201. The molecule has 1 unspecified atom stereocenters. The fourth-order valence-corrected chi connectivity index (χ4v) is 4.19. The third kappa shape index (κ3) is 4.56. The van der Waals surface area contributed by atoms with E-state index in [1.54, 1.807) is 23.1 Å². The lowest BCUT2D eigenvalue weighted by Crippen LogP contribution is -2.60. The van der Waals surface area contributed by atoms with Crippen LogP contribution >= 0.6 is 0 Å². The molecule has 8 nitrogen and oxygen atoms in total. The summed E-state index contributed by atoms with van der Waals surface area (Å²) in [5.41, 5.74) is 1.27. The quantitative estimate of drug-likeness (QED) is 0.800. The first-order valence-electron chi connectivity index (χ1n) is 10.6. The summed E-state index contributed by atoms with van der Waals surface area (Å²) < 4.78 is 19.6. The molecule has 0 bridgehead atoms. The van der Waals surface area contributed by atoms with Crippen LogP contribution in [0.4, 0.5) is 4.39 Å². The fraction of sp³-hybridized carbons (Fsp3) is 0.500. The molecule has 166 valence electrons. The molecule has 0 saturated carbocycles. The van der Waals surface area contributed by atoms with Gasteiger partial charge in [0.05, 0.1) is 11.8 Å². The van der Waals surface area contributed by atoms with Crippen molar-refractivity contribution in [1.29, 1.82) is 0 Å². The molecular formula is C22H28FN5O3. The number of amides is 2. The number of rotatable bonds is 4. The zero-order chi connectivity index (χ0) is 22.0. The topological polar surface area (TPSA) is 81.8 Å². The average Bonchev–Trinajstić information content (AvgIpc) is 3.21. The van der Waals surface area contributed by atoms with E-state index >= 15 is 0 Å². The van der Waals surface area contributed by atoms with Crippen molar-refractivity contribution in [2.24, 2.45) is 0 Å². The summed E-state index contributed by atoms with van der Waals surface area (Å²) >= 11 is 0. The van der Waals surface area contributed by atoms with Gasteiger partial charge in [-0.15, -0.1) is 0 Å². The Bertz CT molecular complexity index is 941. The van der Waals surface area contributed by atoms with Crippen LogP contribution in [-0.2, 0) is 4.79 Å². The molecule has 0 spiro atoms. The summed E-state index contributed by atoms with van der Waals surface area (Å²) in [7, 11) is 1.92. The van der Waals surface area contributed by atoms with Crippen LogP contribution in [-0.4, -0.2) is 88.6 Å². The van der Waals surface area contributed by atoms with Crippen LogP contribution < -0.4 is 4.74 Å². The standard InChI is InChI=1S/C22H28FN5O3/c1-15-17(13-24-25-15)21(29)28-12-11-26(2)19(14-28)22(30)27-9-7-16(8-10-27)31-20-6-4-3-5-18(20)23/h3-6,13,16,19H,7-12,14H2,1-2H3,(H,24,25). The zero-order valence-electron chi connectivity index (χ0n) is 17.9. The Hall–Kier alpha value is -2.94. The maximum Gasteiger partial charge on any atom is 0.257 e. The molecule has 1 N–H and O–H groups in total. The van der Waals surface area contributed by atoms with Crippen molar-refractivity contribution in [3.8, 4) is 5.75 Å². The van der Waals surface area contributed by atoms with E-state index in [4.69, 9.17) is 4.74 Å². The van der Waals surface area contributed by atoms with Crippen molar-refractivity contribution >= 4 is 11.8 Å². The van der Waals surface area contributed by atoms with Gasteiger partial charge in [0.2, 0.25) is 5.91 Å². The lowest BCUT2D eigenvalue weighted by Gasteiger charge is -2.42. The summed E-state index contributed by atoms with van der Waals surface area (Å²) in [4.78, 5) is 31.7. The summed E-state index contributed by atoms with van der Waals surface area (Å²) in [6.07, 6.45) is 2.71. The Balaban J connectivity index is 1.35. The van der Waals surface area contributed by atoms with Gasteiger partial charge in [-0.05, 0) is 26.1 Å².